The number of hydrogen-bond donors (Lipinski definition) is 4. The fraction of sp³-hybridized carbons (Fsp3) is 0.516. The molecule has 1 saturated heterocycles. The van der Waals surface area contributed by atoms with Crippen LogP contribution < -0.4 is 10.5 Å². The van der Waals surface area contributed by atoms with Gasteiger partial charge in [0.1, 0.15) is 0 Å². The number of aromatic nitrogens is 1. The van der Waals surface area contributed by atoms with Crippen LogP contribution in [0.25, 0.3) is 10.9 Å². The molecule has 224 valence electrons. The second-order valence-corrected chi connectivity index (χ2v) is 12.4. The van der Waals surface area contributed by atoms with Crippen LogP contribution in [-0.2, 0) is 29.6 Å². The Balaban J connectivity index is 0.000000370. The predicted octanol–water partition coefficient (Wildman–Crippen LogP) is 4.03. The second kappa shape index (κ2) is 9.36. The summed E-state index contributed by atoms with van der Waals surface area (Å²) in [6.07, 6.45) is 0.394. The number of rotatable bonds is 5. The monoisotopic (exact) mass is 585 g/mol. The van der Waals surface area contributed by atoms with Crippen molar-refractivity contribution >= 4 is 16.9 Å². The highest BCUT2D eigenvalue weighted by Crippen LogP contribution is 2.69. The van der Waals surface area contributed by atoms with E-state index in [4.69, 9.17) is 20.4 Å². The third kappa shape index (κ3) is 3.75. The minimum Gasteiger partial charge on any atom is -0.504 e. The molecule has 4 atom stereocenters. The van der Waals surface area contributed by atoms with Gasteiger partial charge in [0.05, 0.1) is 16.7 Å². The number of hydrogen-bond acceptors (Lipinski definition) is 6. The van der Waals surface area contributed by atoms with Crippen molar-refractivity contribution in [3.63, 3.8) is 0 Å². The maximum Gasteiger partial charge on any atom is 0.490 e. The van der Waals surface area contributed by atoms with Gasteiger partial charge in [-0.3, -0.25) is 4.90 Å². The van der Waals surface area contributed by atoms with Crippen LogP contribution in [0.4, 0.5) is 13.2 Å². The Bertz CT molecular complexity index is 1580. The van der Waals surface area contributed by atoms with Crippen LogP contribution in [0, 0.1) is 5.92 Å². The summed E-state index contributed by atoms with van der Waals surface area (Å²) in [5.41, 5.74) is 10.4. The molecule has 2 aromatic carbocycles. The number of benzene rings is 2. The lowest BCUT2D eigenvalue weighted by atomic mass is 9.49. The Labute approximate surface area is 240 Å². The molecule has 3 aromatic rings. The number of aryl methyl sites for hydroxylation is 1. The molecule has 1 spiro atoms. The average molecular weight is 586 g/mol. The van der Waals surface area contributed by atoms with Crippen LogP contribution in [0.3, 0.4) is 0 Å². The molecule has 0 amide bonds. The summed E-state index contributed by atoms with van der Waals surface area (Å²) in [5.74, 6) is -1.19. The summed E-state index contributed by atoms with van der Waals surface area (Å²) >= 11 is 0. The molecule has 3 aliphatic carbocycles. The van der Waals surface area contributed by atoms with Gasteiger partial charge in [-0.25, -0.2) is 4.79 Å². The SMILES string of the molecule is NCCCn1c2c(c3ccccc31)C[C@@]1(O)[C@H]3Cc4ccc(O)c5c4[C@@]1(CCN3CC1CC1)[C@H]2O5.O=C(O)C(F)(F)F. The van der Waals surface area contributed by atoms with Gasteiger partial charge < -0.3 is 30.4 Å². The van der Waals surface area contributed by atoms with Gasteiger partial charge in [-0.05, 0) is 74.4 Å². The highest BCUT2D eigenvalue weighted by Gasteiger charge is 2.73. The highest BCUT2D eigenvalue weighted by molar-refractivity contribution is 5.87. The van der Waals surface area contributed by atoms with E-state index in [1.54, 1.807) is 6.07 Å². The molecule has 5 N–H and O–H groups in total. The molecular weight excluding hydrogens is 551 g/mol. The molecule has 42 heavy (non-hydrogen) atoms. The molecule has 0 radical (unpaired) electrons. The predicted molar refractivity (Wildman–Crippen MR) is 148 cm³/mol. The molecule has 3 heterocycles. The van der Waals surface area contributed by atoms with Crippen LogP contribution in [0.1, 0.15) is 54.2 Å². The van der Waals surface area contributed by atoms with Crippen molar-refractivity contribution in [1.82, 2.24) is 9.47 Å². The van der Waals surface area contributed by atoms with Crippen molar-refractivity contribution in [2.75, 3.05) is 19.6 Å². The largest absolute Gasteiger partial charge is 0.504 e. The number of carbonyl (C=O) groups is 1. The molecular formula is C31H34F3N3O5. The van der Waals surface area contributed by atoms with Crippen molar-refractivity contribution in [3.05, 3.63) is 58.8 Å². The van der Waals surface area contributed by atoms with Gasteiger partial charge in [-0.15, -0.1) is 0 Å². The second-order valence-electron chi connectivity index (χ2n) is 12.4. The van der Waals surface area contributed by atoms with E-state index in [1.165, 1.54) is 40.6 Å². The number of likely N-dealkylation sites (tertiary alicyclic amines) is 1. The summed E-state index contributed by atoms with van der Waals surface area (Å²) < 4.78 is 40.9. The van der Waals surface area contributed by atoms with Crippen molar-refractivity contribution in [2.24, 2.45) is 11.7 Å². The van der Waals surface area contributed by atoms with Gasteiger partial charge in [-0.2, -0.15) is 13.2 Å². The van der Waals surface area contributed by atoms with Crippen molar-refractivity contribution in [2.45, 2.75) is 74.4 Å². The molecule has 11 heteroatoms. The van der Waals surface area contributed by atoms with Crippen molar-refractivity contribution in [1.29, 1.82) is 0 Å². The van der Waals surface area contributed by atoms with Crippen LogP contribution in [0.2, 0.25) is 0 Å². The third-order valence-electron chi connectivity index (χ3n) is 10.2. The Hall–Kier alpha value is -3.28. The third-order valence-corrected chi connectivity index (χ3v) is 10.2. The molecule has 5 aliphatic rings. The number of phenolic OH excluding ortho intramolecular Hbond substituents is 1. The first kappa shape index (κ1) is 27.5. The molecule has 8 nitrogen and oxygen atoms in total. The number of phenols is 1. The summed E-state index contributed by atoms with van der Waals surface area (Å²) in [4.78, 5) is 11.5. The fourth-order valence-electron chi connectivity index (χ4n) is 8.29. The number of aliphatic hydroxyl groups is 1. The number of aromatic hydroxyl groups is 1. The zero-order valence-corrected chi connectivity index (χ0v) is 23.0. The number of fused-ring (bicyclic) bond motifs is 4. The van der Waals surface area contributed by atoms with E-state index in [1.807, 2.05) is 0 Å². The van der Waals surface area contributed by atoms with E-state index < -0.39 is 23.2 Å². The summed E-state index contributed by atoms with van der Waals surface area (Å²) in [6, 6.07) is 12.5. The first-order valence-corrected chi connectivity index (χ1v) is 14.6. The van der Waals surface area contributed by atoms with E-state index in [0.29, 0.717) is 18.7 Å². The molecule has 2 fully saturated rings. The summed E-state index contributed by atoms with van der Waals surface area (Å²) in [5, 5.41) is 32.2. The first-order valence-electron chi connectivity index (χ1n) is 14.6. The van der Waals surface area contributed by atoms with E-state index in [9.17, 15) is 23.4 Å². The van der Waals surface area contributed by atoms with E-state index in [-0.39, 0.29) is 17.9 Å². The number of carboxylic acid groups (broad SMARTS) is 1. The molecule has 1 aromatic heterocycles. The molecule has 1 saturated carbocycles. The summed E-state index contributed by atoms with van der Waals surface area (Å²) in [6.45, 7) is 3.51. The number of para-hydroxylation sites is 1. The number of halogens is 3. The van der Waals surface area contributed by atoms with Gasteiger partial charge in [0, 0.05) is 42.0 Å². The number of carboxylic acids is 1. The van der Waals surface area contributed by atoms with Gasteiger partial charge in [0.2, 0.25) is 0 Å². The lowest BCUT2D eigenvalue weighted by Crippen LogP contribution is -2.74. The van der Waals surface area contributed by atoms with E-state index in [2.05, 4.69) is 39.8 Å². The minimum atomic E-state index is -5.08. The molecule has 2 aliphatic heterocycles. The topological polar surface area (TPSA) is 121 Å². The number of piperidine rings is 1. The van der Waals surface area contributed by atoms with Crippen molar-refractivity contribution < 1.29 is 38.0 Å². The van der Waals surface area contributed by atoms with E-state index in [0.717, 1.165) is 50.4 Å². The lowest BCUT2D eigenvalue weighted by Gasteiger charge is -2.63. The number of aliphatic carboxylic acids is 1. The zero-order chi connectivity index (χ0) is 29.6. The van der Waals surface area contributed by atoms with Gasteiger partial charge in [-0.1, -0.05) is 24.3 Å². The quantitative estimate of drug-likeness (QED) is 0.357. The number of alkyl halides is 3. The zero-order valence-electron chi connectivity index (χ0n) is 23.0. The Morgan fingerprint density at radius 1 is 1.17 bits per heavy atom. The first-order chi connectivity index (χ1) is 20.0. The van der Waals surface area contributed by atoms with Crippen LogP contribution in [-0.4, -0.2) is 68.2 Å². The Morgan fingerprint density at radius 3 is 2.60 bits per heavy atom. The van der Waals surface area contributed by atoms with Gasteiger partial charge in [0.25, 0.3) is 0 Å². The fourth-order valence-corrected chi connectivity index (χ4v) is 8.29. The summed E-state index contributed by atoms with van der Waals surface area (Å²) in [7, 11) is 0. The van der Waals surface area contributed by atoms with Crippen LogP contribution in [0.15, 0.2) is 36.4 Å². The average Bonchev–Trinajstić information content (AvgIpc) is 3.61. The minimum absolute atomic E-state index is 0.0604. The molecule has 2 bridgehead atoms. The maximum absolute atomic E-state index is 13.0. The molecule has 8 rings (SSSR count). The normalized spacial score (nSPS) is 28.9. The van der Waals surface area contributed by atoms with Gasteiger partial charge in [0.15, 0.2) is 17.6 Å². The molecule has 0 unspecified atom stereocenters. The number of ether oxygens (including phenoxy) is 1. The van der Waals surface area contributed by atoms with E-state index >= 15 is 0 Å². The maximum atomic E-state index is 13.0. The van der Waals surface area contributed by atoms with Crippen LogP contribution >= 0.6 is 0 Å². The van der Waals surface area contributed by atoms with Gasteiger partial charge >= 0.3 is 12.1 Å². The standard InChI is InChI=1S/C29H33N3O3.C2HF3O2/c30-11-3-12-32-21-5-2-1-4-19(21)20-15-29(34)23-14-18-8-9-22(33)26-24(18)28(29,27(35-26)25(20)32)10-13-31(23)16-17-6-7-17;3-2(4,5)1(6)7/h1-2,4-5,8-9,17,23,27,33-34H,3,6-7,10-16,30H2;(H,6,7)/t23-,27+,28+,29-;/m1./s1. The smallest absolute Gasteiger partial charge is 0.490 e. The lowest BCUT2D eigenvalue weighted by molar-refractivity contribution is -0.192. The van der Waals surface area contributed by atoms with Crippen LogP contribution in [0.5, 0.6) is 11.5 Å². The highest BCUT2D eigenvalue weighted by atomic mass is 19.4. The van der Waals surface area contributed by atoms with Crippen molar-refractivity contribution in [3.8, 4) is 11.5 Å². The number of nitrogens with zero attached hydrogens (tertiary/aromatic N) is 2. The number of nitrogens with two attached hydrogens (primary N) is 1. The Morgan fingerprint density at radius 2 is 1.90 bits per heavy atom. The Kier molecular flexibility index (Phi) is 6.14.